The van der Waals surface area contributed by atoms with Crippen molar-refractivity contribution in [1.82, 2.24) is 15.1 Å². The Morgan fingerprint density at radius 3 is 2.60 bits per heavy atom. The van der Waals surface area contributed by atoms with Gasteiger partial charge in [0.15, 0.2) is 0 Å². The summed E-state index contributed by atoms with van der Waals surface area (Å²) in [6.07, 6.45) is 1.99. The van der Waals surface area contributed by atoms with Gasteiger partial charge < -0.3 is 5.32 Å². The summed E-state index contributed by atoms with van der Waals surface area (Å²) in [6, 6.07) is 0.544. The van der Waals surface area contributed by atoms with Gasteiger partial charge >= 0.3 is 0 Å². The highest BCUT2D eigenvalue weighted by molar-refractivity contribution is 9.10. The zero-order chi connectivity index (χ0) is 11.4. The first kappa shape index (κ1) is 12.7. The van der Waals surface area contributed by atoms with Crippen LogP contribution in [0.1, 0.15) is 32.2 Å². The van der Waals surface area contributed by atoms with Crippen molar-refractivity contribution in [2.75, 3.05) is 6.54 Å². The molecular weight excluding hydrogens is 254 g/mol. The summed E-state index contributed by atoms with van der Waals surface area (Å²) in [4.78, 5) is 0. The van der Waals surface area contributed by atoms with Crippen molar-refractivity contribution in [3.05, 3.63) is 15.9 Å². The summed E-state index contributed by atoms with van der Waals surface area (Å²) in [5.74, 6) is 0. The molecule has 1 aromatic rings. The van der Waals surface area contributed by atoms with E-state index in [1.807, 2.05) is 11.7 Å². The van der Waals surface area contributed by atoms with E-state index in [4.69, 9.17) is 0 Å². The zero-order valence-electron chi connectivity index (χ0n) is 9.97. The first-order valence-corrected chi connectivity index (χ1v) is 6.29. The lowest BCUT2D eigenvalue weighted by atomic mass is 10.2. The minimum atomic E-state index is 0.544. The third-order valence-electron chi connectivity index (χ3n) is 2.42. The lowest BCUT2D eigenvalue weighted by Gasteiger charge is -2.08. The number of hydrogen-bond acceptors (Lipinski definition) is 2. The fourth-order valence-electron chi connectivity index (χ4n) is 1.57. The third-order valence-corrected chi connectivity index (χ3v) is 3.33. The Morgan fingerprint density at radius 1 is 1.47 bits per heavy atom. The molecule has 0 atom stereocenters. The SMILES string of the molecule is CCc1nn(C)c(CCNC(C)C)c1Br. The molecule has 1 rings (SSSR count). The Balaban J connectivity index is 2.64. The maximum atomic E-state index is 4.47. The van der Waals surface area contributed by atoms with Gasteiger partial charge in [-0.15, -0.1) is 0 Å². The normalized spacial score (nSPS) is 11.3. The summed E-state index contributed by atoms with van der Waals surface area (Å²) in [7, 11) is 2.01. The number of hydrogen-bond donors (Lipinski definition) is 1. The van der Waals surface area contributed by atoms with Crippen LogP contribution in [0.5, 0.6) is 0 Å². The fourth-order valence-corrected chi connectivity index (χ4v) is 2.39. The average Bonchev–Trinajstić information content (AvgIpc) is 2.44. The van der Waals surface area contributed by atoms with Crippen molar-refractivity contribution in [2.24, 2.45) is 7.05 Å². The van der Waals surface area contributed by atoms with E-state index in [-0.39, 0.29) is 0 Å². The monoisotopic (exact) mass is 273 g/mol. The Labute approximate surface area is 100 Å². The quantitative estimate of drug-likeness (QED) is 0.892. The zero-order valence-corrected chi connectivity index (χ0v) is 11.6. The molecule has 0 aromatic carbocycles. The van der Waals surface area contributed by atoms with Crippen LogP contribution in [0.4, 0.5) is 0 Å². The number of nitrogens with one attached hydrogen (secondary N) is 1. The van der Waals surface area contributed by atoms with E-state index >= 15 is 0 Å². The van der Waals surface area contributed by atoms with Crippen molar-refractivity contribution >= 4 is 15.9 Å². The van der Waals surface area contributed by atoms with Crippen LogP contribution in [0.25, 0.3) is 0 Å². The van der Waals surface area contributed by atoms with Gasteiger partial charge in [0.1, 0.15) is 0 Å². The van der Waals surface area contributed by atoms with Crippen LogP contribution in [0.15, 0.2) is 4.47 Å². The van der Waals surface area contributed by atoms with Crippen LogP contribution in [0.2, 0.25) is 0 Å². The second-order valence-corrected chi connectivity index (χ2v) is 4.84. The van der Waals surface area contributed by atoms with Gasteiger partial charge in [-0.1, -0.05) is 20.8 Å². The molecule has 0 bridgehead atoms. The molecule has 1 N–H and O–H groups in total. The Kier molecular flexibility index (Phi) is 4.80. The largest absolute Gasteiger partial charge is 0.314 e. The van der Waals surface area contributed by atoms with Gasteiger partial charge in [-0.2, -0.15) is 5.10 Å². The van der Waals surface area contributed by atoms with Gasteiger partial charge in [0.05, 0.1) is 15.9 Å². The molecule has 0 aliphatic heterocycles. The molecule has 1 heterocycles. The number of halogens is 1. The lowest BCUT2D eigenvalue weighted by molar-refractivity contribution is 0.574. The number of aryl methyl sites for hydroxylation is 2. The molecular formula is C11H20BrN3. The third kappa shape index (κ3) is 3.31. The van der Waals surface area contributed by atoms with E-state index in [0.29, 0.717) is 6.04 Å². The van der Waals surface area contributed by atoms with E-state index in [0.717, 1.165) is 25.1 Å². The summed E-state index contributed by atoms with van der Waals surface area (Å²) < 4.78 is 3.16. The first-order chi connectivity index (χ1) is 7.06. The molecule has 0 amide bonds. The van der Waals surface area contributed by atoms with Gasteiger partial charge in [0, 0.05) is 26.1 Å². The van der Waals surface area contributed by atoms with Crippen molar-refractivity contribution in [2.45, 2.75) is 39.7 Å². The van der Waals surface area contributed by atoms with Crippen LogP contribution in [-0.2, 0) is 19.9 Å². The molecule has 0 spiro atoms. The number of nitrogens with zero attached hydrogens (tertiary/aromatic N) is 2. The molecule has 4 heteroatoms. The van der Waals surface area contributed by atoms with Crippen molar-refractivity contribution in [1.29, 1.82) is 0 Å². The van der Waals surface area contributed by atoms with Crippen LogP contribution >= 0.6 is 15.9 Å². The average molecular weight is 274 g/mol. The summed E-state index contributed by atoms with van der Waals surface area (Å²) in [5.41, 5.74) is 2.43. The highest BCUT2D eigenvalue weighted by Gasteiger charge is 2.11. The molecule has 0 saturated carbocycles. The number of rotatable bonds is 5. The topological polar surface area (TPSA) is 29.9 Å². The number of aromatic nitrogens is 2. The van der Waals surface area contributed by atoms with Gasteiger partial charge in [-0.05, 0) is 22.4 Å². The van der Waals surface area contributed by atoms with E-state index in [1.165, 1.54) is 10.2 Å². The maximum Gasteiger partial charge on any atom is 0.0766 e. The van der Waals surface area contributed by atoms with E-state index in [1.54, 1.807) is 0 Å². The molecule has 0 radical (unpaired) electrons. The summed E-state index contributed by atoms with van der Waals surface area (Å²) in [6.45, 7) is 7.45. The Hall–Kier alpha value is -0.350. The predicted octanol–water partition coefficient (Wildman–Crippen LogP) is 2.29. The molecule has 1 aromatic heterocycles. The predicted molar refractivity (Wildman–Crippen MR) is 67.1 cm³/mol. The Morgan fingerprint density at radius 2 is 2.13 bits per heavy atom. The van der Waals surface area contributed by atoms with Crippen molar-refractivity contribution in [3.8, 4) is 0 Å². The molecule has 0 fully saturated rings. The molecule has 86 valence electrons. The standard InChI is InChI=1S/C11H20BrN3/c1-5-9-11(12)10(15(4)14-9)6-7-13-8(2)3/h8,13H,5-7H2,1-4H3. The van der Waals surface area contributed by atoms with Gasteiger partial charge in [0.25, 0.3) is 0 Å². The van der Waals surface area contributed by atoms with E-state index in [9.17, 15) is 0 Å². The summed E-state index contributed by atoms with van der Waals surface area (Å²) >= 11 is 3.62. The van der Waals surface area contributed by atoms with E-state index in [2.05, 4.69) is 47.1 Å². The second-order valence-electron chi connectivity index (χ2n) is 4.04. The lowest BCUT2D eigenvalue weighted by Crippen LogP contribution is -2.25. The van der Waals surface area contributed by atoms with Crippen LogP contribution < -0.4 is 5.32 Å². The first-order valence-electron chi connectivity index (χ1n) is 5.49. The molecule has 0 aliphatic carbocycles. The van der Waals surface area contributed by atoms with Gasteiger partial charge in [0.2, 0.25) is 0 Å². The van der Waals surface area contributed by atoms with Crippen molar-refractivity contribution in [3.63, 3.8) is 0 Å². The highest BCUT2D eigenvalue weighted by atomic mass is 79.9. The maximum absolute atomic E-state index is 4.47. The van der Waals surface area contributed by atoms with Crippen LogP contribution in [0.3, 0.4) is 0 Å². The van der Waals surface area contributed by atoms with Crippen LogP contribution in [0, 0.1) is 0 Å². The minimum Gasteiger partial charge on any atom is -0.314 e. The highest BCUT2D eigenvalue weighted by Crippen LogP contribution is 2.21. The fraction of sp³-hybridized carbons (Fsp3) is 0.727. The molecule has 15 heavy (non-hydrogen) atoms. The minimum absolute atomic E-state index is 0.544. The molecule has 3 nitrogen and oxygen atoms in total. The molecule has 0 saturated heterocycles. The van der Waals surface area contributed by atoms with Gasteiger partial charge in [-0.3, -0.25) is 4.68 Å². The van der Waals surface area contributed by atoms with Crippen molar-refractivity contribution < 1.29 is 0 Å². The summed E-state index contributed by atoms with van der Waals surface area (Å²) in [5, 5.41) is 7.88. The Bertz CT molecular complexity index is 318. The second kappa shape index (κ2) is 5.66. The van der Waals surface area contributed by atoms with Crippen LogP contribution in [-0.4, -0.2) is 22.4 Å². The smallest absolute Gasteiger partial charge is 0.0766 e. The molecule has 0 unspecified atom stereocenters. The van der Waals surface area contributed by atoms with Gasteiger partial charge in [-0.25, -0.2) is 0 Å². The molecule has 0 aliphatic rings. The van der Waals surface area contributed by atoms with E-state index < -0.39 is 0 Å².